The molecule has 6 nitrogen and oxygen atoms in total. The van der Waals surface area contributed by atoms with Gasteiger partial charge in [-0.3, -0.25) is 0 Å². The summed E-state index contributed by atoms with van der Waals surface area (Å²) in [4.78, 5) is 0.595. The summed E-state index contributed by atoms with van der Waals surface area (Å²) in [5, 5.41) is 0. The Hall–Kier alpha value is -4.36. The summed E-state index contributed by atoms with van der Waals surface area (Å²) in [6.45, 7) is 0. The number of fused-ring (bicyclic) bond motifs is 2. The molecule has 0 saturated carbocycles. The minimum atomic E-state index is -10.7. The fourth-order valence-electron chi connectivity index (χ4n) is 5.55. The van der Waals surface area contributed by atoms with Gasteiger partial charge in [0.1, 0.15) is 45.8 Å². The van der Waals surface area contributed by atoms with Crippen LogP contribution in [0.15, 0.2) is 72.8 Å². The van der Waals surface area contributed by atoms with E-state index in [1.165, 1.54) is 7.11 Å². The predicted molar refractivity (Wildman–Crippen MR) is 158 cm³/mol. The number of benzene rings is 4. The zero-order chi connectivity index (χ0) is 35.0. The van der Waals surface area contributed by atoms with Gasteiger partial charge in [0, 0.05) is 29.8 Å². The molecule has 0 spiro atoms. The Morgan fingerprint density at radius 1 is 0.553 bits per heavy atom. The van der Waals surface area contributed by atoms with E-state index in [4.69, 9.17) is 23.7 Å². The van der Waals surface area contributed by atoms with Crippen LogP contribution in [0.4, 0.5) is 55.4 Å². The molecule has 16 heteroatoms. The second-order valence-electron chi connectivity index (χ2n) is 10.1. The van der Waals surface area contributed by atoms with Crippen LogP contribution in [0, 0.1) is 0 Å². The van der Waals surface area contributed by atoms with E-state index >= 15 is 0 Å². The molecule has 0 atom stereocenters. The number of methoxy groups -OCH3 is 5. The van der Waals surface area contributed by atoms with Crippen LogP contribution in [0.25, 0.3) is 0 Å². The van der Waals surface area contributed by atoms with Crippen LogP contribution >= 0.6 is 7.81 Å². The summed E-state index contributed by atoms with van der Waals surface area (Å²) in [5.41, 5.74) is 3.19. The van der Waals surface area contributed by atoms with Crippen molar-refractivity contribution in [2.75, 3.05) is 35.5 Å². The van der Waals surface area contributed by atoms with E-state index in [2.05, 4.69) is 0 Å². The van der Waals surface area contributed by atoms with Crippen molar-refractivity contribution in [1.29, 1.82) is 0 Å². The number of ether oxygens (including phenoxy) is 5. The van der Waals surface area contributed by atoms with Crippen molar-refractivity contribution in [2.24, 2.45) is 0 Å². The molecule has 0 amide bonds. The average molecular weight is 698 g/mol. The summed E-state index contributed by atoms with van der Waals surface area (Å²) >= 11 is 0. The molecule has 47 heavy (non-hydrogen) atoms. The molecule has 1 aliphatic rings. The Kier molecular flexibility index (Phi) is 9.08. The molecule has 0 aromatic heterocycles. The van der Waals surface area contributed by atoms with Gasteiger partial charge in [-0.15, -0.1) is 0 Å². The van der Waals surface area contributed by atoms with E-state index in [1.54, 1.807) is 34.5 Å². The summed E-state index contributed by atoms with van der Waals surface area (Å²) in [7, 11) is -3.01. The van der Waals surface area contributed by atoms with Gasteiger partial charge in [0.25, 0.3) is 0 Å². The maximum absolute atomic E-state index is 14.0. The third kappa shape index (κ3) is 8.14. The van der Waals surface area contributed by atoms with Crippen LogP contribution in [0.3, 0.4) is 0 Å². The van der Waals surface area contributed by atoms with Crippen molar-refractivity contribution in [3.05, 3.63) is 95.1 Å². The minimum absolute atomic E-state index is 0.0970. The van der Waals surface area contributed by atoms with Crippen LogP contribution in [0.2, 0.25) is 0 Å². The summed E-state index contributed by atoms with van der Waals surface area (Å²) in [5.74, 6) is 1.89. The first-order chi connectivity index (χ1) is 21.7. The summed E-state index contributed by atoms with van der Waals surface area (Å²) in [6.07, 6.45) is -4.57. The standard InChI is InChI=1S/C31H28F3NO5.F6P/c1-36-20-16-18(31(32,33)34)15-19(17-20)35-21-9-6-11-23(37-2)27(21)30(28-22(35)10-7-12-24(28)38-3)29-25(39-4)13-8-14-26(29)40-5;1-7(2,3,4,5)6/h6-17,30H,1-5H3;/q;-1/p+1. The predicted octanol–water partition coefficient (Wildman–Crippen LogP) is 9.80. The Morgan fingerprint density at radius 2 is 0.936 bits per heavy atom. The molecule has 0 bridgehead atoms. The number of halogens is 9. The van der Waals surface area contributed by atoms with Crippen molar-refractivity contribution in [2.45, 2.75) is 12.1 Å². The molecule has 0 radical (unpaired) electrons. The van der Waals surface area contributed by atoms with E-state index in [0.717, 1.165) is 28.8 Å². The molecule has 0 saturated heterocycles. The van der Waals surface area contributed by atoms with Crippen molar-refractivity contribution in [3.8, 4) is 28.7 Å². The molecule has 4 aromatic rings. The second kappa shape index (κ2) is 12.0. The number of hydrogen-bond donors (Lipinski definition) is 1. The molecule has 1 aliphatic heterocycles. The van der Waals surface area contributed by atoms with Crippen LogP contribution < -0.4 is 28.6 Å². The normalized spacial score (nSPS) is 17.1. The molecular weight excluding hydrogens is 668 g/mol. The van der Waals surface area contributed by atoms with Crippen LogP contribution in [0.1, 0.15) is 28.2 Å². The maximum atomic E-state index is 14.0. The van der Waals surface area contributed by atoms with Gasteiger partial charge in [0.05, 0.1) is 58.2 Å². The number of nitrogens with one attached hydrogen (secondary N) is 1. The van der Waals surface area contributed by atoms with Gasteiger partial charge in [-0.25, -0.2) is 4.90 Å². The molecule has 256 valence electrons. The van der Waals surface area contributed by atoms with Gasteiger partial charge in [0.2, 0.25) is 0 Å². The van der Waals surface area contributed by atoms with Crippen LogP contribution in [0.5, 0.6) is 28.7 Å². The van der Waals surface area contributed by atoms with Gasteiger partial charge < -0.3 is 23.7 Å². The first-order valence-corrected chi connectivity index (χ1v) is 15.5. The average Bonchev–Trinajstić information content (AvgIpc) is 3.00. The van der Waals surface area contributed by atoms with Crippen molar-refractivity contribution in [1.82, 2.24) is 0 Å². The third-order valence-corrected chi connectivity index (χ3v) is 7.20. The van der Waals surface area contributed by atoms with Gasteiger partial charge in [-0.05, 0) is 30.3 Å². The van der Waals surface area contributed by atoms with E-state index in [0.29, 0.717) is 45.0 Å². The fourth-order valence-corrected chi connectivity index (χ4v) is 5.55. The molecule has 5 rings (SSSR count). The van der Waals surface area contributed by atoms with E-state index in [1.807, 2.05) is 54.6 Å². The Bertz CT molecular complexity index is 1690. The second-order valence-corrected chi connectivity index (χ2v) is 12.1. The molecule has 4 aromatic carbocycles. The molecule has 1 N–H and O–H groups in total. The topological polar surface area (TPSA) is 50.6 Å². The summed E-state index contributed by atoms with van der Waals surface area (Å²) in [6, 6.07) is 20.4. The SMILES string of the molecule is COc1cc([NH+]2c3cccc(OC)c3C(c3c(OC)cccc3OC)c3c(OC)cccc32)cc(C(F)(F)F)c1.F[P-](F)(F)(F)(F)F. The number of alkyl halides is 3. The van der Waals surface area contributed by atoms with Crippen molar-refractivity contribution >= 4 is 24.9 Å². The molecule has 0 fully saturated rings. The molecule has 0 aliphatic carbocycles. The Balaban J connectivity index is 0.000000644. The van der Waals surface area contributed by atoms with Crippen LogP contribution in [-0.2, 0) is 6.18 Å². The first kappa shape index (κ1) is 35.5. The van der Waals surface area contributed by atoms with Crippen LogP contribution in [-0.4, -0.2) is 35.5 Å². The van der Waals surface area contributed by atoms with E-state index in [-0.39, 0.29) is 5.75 Å². The molecular formula is C31H29F9NO5P. The zero-order valence-corrected chi connectivity index (χ0v) is 26.3. The zero-order valence-electron chi connectivity index (χ0n) is 25.4. The monoisotopic (exact) mass is 697 g/mol. The number of quaternary nitrogens is 1. The molecule has 1 heterocycles. The van der Waals surface area contributed by atoms with E-state index in [9.17, 15) is 38.4 Å². The van der Waals surface area contributed by atoms with Gasteiger partial charge >= 0.3 is 39.2 Å². The summed E-state index contributed by atoms with van der Waals surface area (Å²) < 4.78 is 130. The number of rotatable bonds is 7. The first-order valence-electron chi connectivity index (χ1n) is 13.5. The van der Waals surface area contributed by atoms with Crippen molar-refractivity contribution < 1.29 is 66.9 Å². The van der Waals surface area contributed by atoms with Gasteiger partial charge in [-0.1, -0.05) is 18.2 Å². The Labute approximate surface area is 263 Å². The Morgan fingerprint density at radius 3 is 1.30 bits per heavy atom. The quantitative estimate of drug-likeness (QED) is 0.136. The fraction of sp³-hybridized carbons (Fsp3) is 0.226. The van der Waals surface area contributed by atoms with Gasteiger partial charge in [-0.2, -0.15) is 13.2 Å². The van der Waals surface area contributed by atoms with E-state index < -0.39 is 25.5 Å². The number of hydrogen-bond acceptors (Lipinski definition) is 5. The third-order valence-electron chi connectivity index (χ3n) is 7.20. The van der Waals surface area contributed by atoms with Gasteiger partial charge in [0.15, 0.2) is 0 Å². The van der Waals surface area contributed by atoms with Crippen molar-refractivity contribution in [3.63, 3.8) is 0 Å². The molecule has 0 unspecified atom stereocenters.